The number of para-hydroxylation sites is 1. The van der Waals surface area contributed by atoms with Crippen LogP contribution in [0, 0.1) is 5.41 Å². The van der Waals surface area contributed by atoms with Gasteiger partial charge in [0.05, 0.1) is 6.26 Å². The number of furan rings is 1. The molecule has 2 atom stereocenters. The number of nitrogens with one attached hydrogen (secondary N) is 1. The number of hydrogen-bond acceptors (Lipinski definition) is 5. The summed E-state index contributed by atoms with van der Waals surface area (Å²) in [4.78, 5) is 28.8. The maximum atomic E-state index is 12.7. The van der Waals surface area contributed by atoms with Gasteiger partial charge >= 0.3 is 0 Å². The van der Waals surface area contributed by atoms with Gasteiger partial charge in [-0.05, 0) is 43.8 Å². The summed E-state index contributed by atoms with van der Waals surface area (Å²) in [5.74, 6) is 0.793. The molecule has 1 aliphatic rings. The molecular formula is C22H29N3O4. The fourth-order valence-corrected chi connectivity index (χ4v) is 3.68. The number of β-lactam (4-membered cyclic amide) rings is 1. The van der Waals surface area contributed by atoms with E-state index in [1.807, 2.05) is 32.3 Å². The van der Waals surface area contributed by atoms with Gasteiger partial charge < -0.3 is 24.3 Å². The van der Waals surface area contributed by atoms with Gasteiger partial charge in [-0.1, -0.05) is 32.0 Å². The molecule has 7 nitrogen and oxygen atoms in total. The van der Waals surface area contributed by atoms with E-state index < -0.39 is 12.1 Å². The molecule has 0 saturated carbocycles. The molecule has 0 bridgehead atoms. The Bertz CT molecular complexity index is 818. The lowest BCUT2D eigenvalue weighted by molar-refractivity contribution is -0.167. The molecule has 1 aliphatic heterocycles. The Kier molecular flexibility index (Phi) is 6.27. The summed E-state index contributed by atoms with van der Waals surface area (Å²) >= 11 is 0. The first-order valence-corrected chi connectivity index (χ1v) is 9.74. The molecule has 0 radical (unpaired) electrons. The number of carbonyl (C=O) groups excluding carboxylic acids is 2. The van der Waals surface area contributed by atoms with Gasteiger partial charge in [-0.2, -0.15) is 0 Å². The van der Waals surface area contributed by atoms with Crippen molar-refractivity contribution in [3.05, 3.63) is 54.5 Å². The summed E-state index contributed by atoms with van der Waals surface area (Å²) < 4.78 is 11.4. The minimum atomic E-state index is -0.707. The van der Waals surface area contributed by atoms with Crippen LogP contribution in [0.25, 0.3) is 0 Å². The molecule has 7 heteroatoms. The molecule has 2 heterocycles. The third-order valence-corrected chi connectivity index (χ3v) is 4.81. The lowest BCUT2D eigenvalue weighted by Crippen LogP contribution is -2.63. The number of rotatable bonds is 9. The second kappa shape index (κ2) is 8.69. The predicted octanol–water partition coefficient (Wildman–Crippen LogP) is 2.31. The smallest absolute Gasteiger partial charge is 0.267 e. The molecule has 29 heavy (non-hydrogen) atoms. The third-order valence-electron chi connectivity index (χ3n) is 4.81. The van der Waals surface area contributed by atoms with E-state index in [9.17, 15) is 9.59 Å². The van der Waals surface area contributed by atoms with E-state index in [1.54, 1.807) is 30.5 Å². The van der Waals surface area contributed by atoms with Crippen molar-refractivity contribution < 1.29 is 18.7 Å². The van der Waals surface area contributed by atoms with Crippen molar-refractivity contribution in [2.75, 3.05) is 33.7 Å². The second-order valence-electron chi connectivity index (χ2n) is 8.46. The number of hydrogen-bond donors (Lipinski definition) is 1. The van der Waals surface area contributed by atoms with Crippen molar-refractivity contribution in [1.82, 2.24) is 15.1 Å². The van der Waals surface area contributed by atoms with Crippen LogP contribution in [-0.4, -0.2) is 61.4 Å². The Morgan fingerprint density at radius 3 is 2.55 bits per heavy atom. The molecule has 0 spiro atoms. The molecule has 2 aromatic rings. The molecule has 0 aliphatic carbocycles. The summed E-state index contributed by atoms with van der Waals surface area (Å²) in [5, 5.41) is 2.95. The van der Waals surface area contributed by atoms with Gasteiger partial charge in [0, 0.05) is 13.1 Å². The van der Waals surface area contributed by atoms with Crippen molar-refractivity contribution in [3.63, 3.8) is 0 Å². The molecule has 1 aromatic heterocycles. The van der Waals surface area contributed by atoms with Crippen LogP contribution >= 0.6 is 0 Å². The van der Waals surface area contributed by atoms with Crippen LogP contribution in [0.4, 0.5) is 0 Å². The highest BCUT2D eigenvalue weighted by molar-refractivity contribution is 5.93. The standard InChI is InChI=1S/C22H29N3O4/c1-22(2,15-24(3)4)14-23-18(26)13-25-19(17-11-8-12-28-17)20(21(25)27)29-16-9-6-5-7-10-16/h5-12,19-20H,13-15H2,1-4H3,(H,23,26). The second-order valence-corrected chi connectivity index (χ2v) is 8.46. The molecule has 3 rings (SSSR count). The zero-order chi connectivity index (χ0) is 21.0. The van der Waals surface area contributed by atoms with Crippen molar-refractivity contribution in [1.29, 1.82) is 0 Å². The maximum Gasteiger partial charge on any atom is 0.267 e. The number of carbonyl (C=O) groups is 2. The molecule has 1 N–H and O–H groups in total. The first-order chi connectivity index (χ1) is 13.8. The van der Waals surface area contributed by atoms with E-state index >= 15 is 0 Å². The van der Waals surface area contributed by atoms with Crippen LogP contribution in [-0.2, 0) is 9.59 Å². The molecule has 1 fully saturated rings. The van der Waals surface area contributed by atoms with Crippen molar-refractivity contribution in [2.45, 2.75) is 26.0 Å². The Morgan fingerprint density at radius 1 is 1.21 bits per heavy atom. The van der Waals surface area contributed by atoms with Gasteiger partial charge in [-0.25, -0.2) is 0 Å². The van der Waals surface area contributed by atoms with E-state index in [0.29, 0.717) is 18.1 Å². The minimum Gasteiger partial charge on any atom is -0.478 e. The molecule has 1 saturated heterocycles. The number of ether oxygens (including phenoxy) is 1. The average molecular weight is 399 g/mol. The summed E-state index contributed by atoms with van der Waals surface area (Å²) in [6.45, 7) is 5.53. The fraction of sp³-hybridized carbons (Fsp3) is 0.455. The van der Waals surface area contributed by atoms with Gasteiger partial charge in [-0.15, -0.1) is 0 Å². The third kappa shape index (κ3) is 5.17. The first-order valence-electron chi connectivity index (χ1n) is 9.74. The topological polar surface area (TPSA) is 75.0 Å². The average Bonchev–Trinajstić information content (AvgIpc) is 3.18. The monoisotopic (exact) mass is 399 g/mol. The van der Waals surface area contributed by atoms with E-state index in [1.165, 1.54) is 4.90 Å². The fourth-order valence-electron chi connectivity index (χ4n) is 3.68. The van der Waals surface area contributed by atoms with Crippen molar-refractivity contribution >= 4 is 11.8 Å². The summed E-state index contributed by atoms with van der Waals surface area (Å²) in [6.07, 6.45) is 0.848. The van der Waals surface area contributed by atoms with Gasteiger partial charge in [0.15, 0.2) is 0 Å². The van der Waals surface area contributed by atoms with Crippen LogP contribution in [0.15, 0.2) is 53.1 Å². The zero-order valence-electron chi connectivity index (χ0n) is 17.4. The molecule has 156 valence electrons. The molecule has 2 unspecified atom stereocenters. The maximum absolute atomic E-state index is 12.7. The quantitative estimate of drug-likeness (QED) is 0.655. The van der Waals surface area contributed by atoms with Crippen molar-refractivity contribution in [3.8, 4) is 5.75 Å². The van der Waals surface area contributed by atoms with Crippen LogP contribution in [0.2, 0.25) is 0 Å². The normalized spacial score (nSPS) is 19.2. The Balaban J connectivity index is 1.64. The Labute approximate surface area is 171 Å². The minimum absolute atomic E-state index is 0.0309. The lowest BCUT2D eigenvalue weighted by atomic mass is 9.92. The Morgan fingerprint density at radius 2 is 1.93 bits per heavy atom. The molecule has 1 aromatic carbocycles. The van der Waals surface area contributed by atoms with E-state index in [-0.39, 0.29) is 23.8 Å². The van der Waals surface area contributed by atoms with E-state index in [0.717, 1.165) is 6.54 Å². The van der Waals surface area contributed by atoms with E-state index in [2.05, 4.69) is 24.1 Å². The SMILES string of the molecule is CN(C)CC(C)(C)CNC(=O)CN1C(=O)C(Oc2ccccc2)C1c1ccco1. The van der Waals surface area contributed by atoms with Gasteiger partial charge in [0.25, 0.3) is 5.91 Å². The first kappa shape index (κ1) is 20.9. The number of benzene rings is 1. The highest BCUT2D eigenvalue weighted by Crippen LogP contribution is 2.37. The van der Waals surface area contributed by atoms with Crippen LogP contribution in [0.5, 0.6) is 5.75 Å². The molecule has 2 amide bonds. The zero-order valence-corrected chi connectivity index (χ0v) is 17.4. The van der Waals surface area contributed by atoms with E-state index in [4.69, 9.17) is 9.15 Å². The van der Waals surface area contributed by atoms with Gasteiger partial charge in [0.2, 0.25) is 12.0 Å². The predicted molar refractivity (Wildman–Crippen MR) is 109 cm³/mol. The highest BCUT2D eigenvalue weighted by atomic mass is 16.5. The Hall–Kier alpha value is -2.80. The van der Waals surface area contributed by atoms with Crippen LogP contribution in [0.3, 0.4) is 0 Å². The number of nitrogens with zero attached hydrogens (tertiary/aromatic N) is 2. The van der Waals surface area contributed by atoms with Gasteiger partial charge in [0.1, 0.15) is 24.1 Å². The van der Waals surface area contributed by atoms with Crippen LogP contribution in [0.1, 0.15) is 25.6 Å². The number of likely N-dealkylation sites (tertiary alicyclic amines) is 1. The highest BCUT2D eigenvalue weighted by Gasteiger charge is 2.52. The van der Waals surface area contributed by atoms with Crippen LogP contribution < -0.4 is 10.1 Å². The number of amides is 2. The van der Waals surface area contributed by atoms with Gasteiger partial charge in [-0.3, -0.25) is 9.59 Å². The van der Waals surface area contributed by atoms with Crippen molar-refractivity contribution in [2.24, 2.45) is 5.41 Å². The summed E-state index contributed by atoms with van der Waals surface area (Å²) in [7, 11) is 4.01. The molecular weight excluding hydrogens is 370 g/mol. The largest absolute Gasteiger partial charge is 0.478 e. The summed E-state index contributed by atoms with van der Waals surface area (Å²) in [6, 6.07) is 12.3. The lowest BCUT2D eigenvalue weighted by Gasteiger charge is -2.45. The summed E-state index contributed by atoms with van der Waals surface area (Å²) in [5.41, 5.74) is -0.0719.